The van der Waals surface area contributed by atoms with Crippen LogP contribution in [0, 0.1) is 0 Å². The maximum atomic E-state index is 11.7. The summed E-state index contributed by atoms with van der Waals surface area (Å²) in [5.74, 6) is -0.174. The molecule has 0 bridgehead atoms. The number of halogens is 1. The Morgan fingerprint density at radius 3 is 2.22 bits per heavy atom. The number of hydrogen-bond acceptors (Lipinski definition) is 4. The highest BCUT2D eigenvalue weighted by atomic mass is 35.5. The van der Waals surface area contributed by atoms with Crippen LogP contribution in [0.3, 0.4) is 0 Å². The lowest BCUT2D eigenvalue weighted by molar-refractivity contribution is -0.121. The van der Waals surface area contributed by atoms with Gasteiger partial charge < -0.3 is 11.1 Å². The summed E-state index contributed by atoms with van der Waals surface area (Å²) in [6, 6.07) is -0.0148. The van der Waals surface area contributed by atoms with Gasteiger partial charge in [-0.1, -0.05) is 0 Å². The highest BCUT2D eigenvalue weighted by molar-refractivity contribution is 7.92. The summed E-state index contributed by atoms with van der Waals surface area (Å²) >= 11 is 0. The standard InChI is InChI=1S/C11H24N2O3S.ClH/c1-9(12)5-6-10(14)13-7-8-17(15,16)11(2,3)4;/h9H,5-8,12H2,1-4H3,(H,13,14);1H. The first kappa shape index (κ1) is 20.0. The van der Waals surface area contributed by atoms with E-state index < -0.39 is 14.6 Å². The van der Waals surface area contributed by atoms with Gasteiger partial charge in [0.1, 0.15) is 0 Å². The van der Waals surface area contributed by atoms with Crippen LogP contribution in [0.25, 0.3) is 0 Å². The van der Waals surface area contributed by atoms with E-state index in [1.165, 1.54) is 0 Å². The maximum absolute atomic E-state index is 11.7. The quantitative estimate of drug-likeness (QED) is 0.761. The van der Waals surface area contributed by atoms with E-state index in [4.69, 9.17) is 5.73 Å². The fraction of sp³-hybridized carbons (Fsp3) is 0.909. The van der Waals surface area contributed by atoms with Crippen LogP contribution >= 0.6 is 12.4 Å². The Kier molecular flexibility index (Phi) is 8.85. The lowest BCUT2D eigenvalue weighted by atomic mass is 10.2. The molecular formula is C11H25ClN2O3S. The maximum Gasteiger partial charge on any atom is 0.220 e. The first-order valence-corrected chi connectivity index (χ1v) is 7.46. The Hall–Kier alpha value is -0.330. The molecule has 1 unspecified atom stereocenters. The first-order chi connectivity index (χ1) is 7.56. The second-order valence-corrected chi connectivity index (χ2v) is 8.16. The van der Waals surface area contributed by atoms with Crippen LogP contribution in [0.4, 0.5) is 0 Å². The number of carbonyl (C=O) groups is 1. The summed E-state index contributed by atoms with van der Waals surface area (Å²) in [6.45, 7) is 6.95. The van der Waals surface area contributed by atoms with E-state index in [9.17, 15) is 13.2 Å². The monoisotopic (exact) mass is 300 g/mol. The highest BCUT2D eigenvalue weighted by Gasteiger charge is 2.28. The summed E-state index contributed by atoms with van der Waals surface area (Å²) in [6.07, 6.45) is 0.949. The third-order valence-corrected chi connectivity index (χ3v) is 5.06. The molecule has 1 amide bonds. The number of nitrogens with two attached hydrogens (primary N) is 1. The lowest BCUT2D eigenvalue weighted by Crippen LogP contribution is -2.36. The minimum Gasteiger partial charge on any atom is -0.355 e. The van der Waals surface area contributed by atoms with Crippen LogP contribution in [0.5, 0.6) is 0 Å². The van der Waals surface area contributed by atoms with Gasteiger partial charge in [-0.05, 0) is 34.1 Å². The van der Waals surface area contributed by atoms with Crippen molar-refractivity contribution < 1.29 is 13.2 Å². The van der Waals surface area contributed by atoms with Crippen molar-refractivity contribution >= 4 is 28.2 Å². The average molecular weight is 301 g/mol. The average Bonchev–Trinajstić information content (AvgIpc) is 2.12. The summed E-state index contributed by atoms with van der Waals surface area (Å²) < 4.78 is 22.7. The van der Waals surface area contributed by atoms with Crippen molar-refractivity contribution in [1.29, 1.82) is 0 Å². The number of rotatable bonds is 6. The molecule has 0 aromatic rings. The summed E-state index contributed by atoms with van der Waals surface area (Å²) in [5.41, 5.74) is 5.52. The zero-order valence-electron chi connectivity index (χ0n) is 11.5. The molecular weight excluding hydrogens is 276 g/mol. The molecule has 0 fully saturated rings. The SMILES string of the molecule is CC(N)CCC(=O)NCCS(=O)(=O)C(C)(C)C.Cl. The van der Waals surface area contributed by atoms with Gasteiger partial charge in [-0.3, -0.25) is 4.79 Å². The largest absolute Gasteiger partial charge is 0.355 e. The third-order valence-electron chi connectivity index (χ3n) is 2.45. The molecule has 0 aliphatic carbocycles. The van der Waals surface area contributed by atoms with Crippen LogP contribution in [0.2, 0.25) is 0 Å². The van der Waals surface area contributed by atoms with E-state index in [1.54, 1.807) is 20.8 Å². The molecule has 0 saturated carbocycles. The molecule has 110 valence electrons. The van der Waals surface area contributed by atoms with Gasteiger partial charge in [0.05, 0.1) is 10.5 Å². The number of carbonyl (C=O) groups excluding carboxylic acids is 1. The number of amides is 1. The van der Waals surface area contributed by atoms with Crippen molar-refractivity contribution in [2.45, 2.75) is 51.3 Å². The van der Waals surface area contributed by atoms with Crippen molar-refractivity contribution in [3.05, 3.63) is 0 Å². The van der Waals surface area contributed by atoms with E-state index in [2.05, 4.69) is 5.32 Å². The zero-order chi connectivity index (χ0) is 13.7. The molecule has 0 rings (SSSR count). The fourth-order valence-electron chi connectivity index (χ4n) is 1.08. The molecule has 5 nitrogen and oxygen atoms in total. The van der Waals surface area contributed by atoms with Gasteiger partial charge in [-0.15, -0.1) is 12.4 Å². The Bertz CT molecular complexity index is 348. The smallest absolute Gasteiger partial charge is 0.220 e. The Morgan fingerprint density at radius 1 is 1.33 bits per heavy atom. The van der Waals surface area contributed by atoms with Crippen molar-refractivity contribution in [2.75, 3.05) is 12.3 Å². The van der Waals surface area contributed by atoms with Gasteiger partial charge in [-0.2, -0.15) is 0 Å². The van der Waals surface area contributed by atoms with Crippen LogP contribution in [-0.2, 0) is 14.6 Å². The van der Waals surface area contributed by atoms with Crippen molar-refractivity contribution in [1.82, 2.24) is 5.32 Å². The van der Waals surface area contributed by atoms with E-state index in [1.807, 2.05) is 6.92 Å². The minimum atomic E-state index is -3.16. The minimum absolute atomic E-state index is 0. The van der Waals surface area contributed by atoms with Crippen molar-refractivity contribution in [3.63, 3.8) is 0 Å². The lowest BCUT2D eigenvalue weighted by Gasteiger charge is -2.19. The van der Waals surface area contributed by atoms with Gasteiger partial charge in [-0.25, -0.2) is 8.42 Å². The van der Waals surface area contributed by atoms with E-state index in [0.717, 1.165) is 0 Å². The molecule has 0 saturated heterocycles. The predicted molar refractivity (Wildman–Crippen MR) is 76.7 cm³/mol. The Balaban J connectivity index is 0. The Labute approximate surface area is 116 Å². The van der Waals surface area contributed by atoms with E-state index in [0.29, 0.717) is 12.8 Å². The fourth-order valence-corrected chi connectivity index (χ4v) is 2.06. The molecule has 18 heavy (non-hydrogen) atoms. The van der Waals surface area contributed by atoms with Gasteiger partial charge in [0.2, 0.25) is 5.91 Å². The van der Waals surface area contributed by atoms with Crippen LogP contribution < -0.4 is 11.1 Å². The van der Waals surface area contributed by atoms with Gasteiger partial charge >= 0.3 is 0 Å². The van der Waals surface area contributed by atoms with Gasteiger partial charge in [0, 0.05) is 19.0 Å². The molecule has 0 aliphatic heterocycles. The second-order valence-electron chi connectivity index (χ2n) is 5.30. The van der Waals surface area contributed by atoms with Crippen LogP contribution in [0.15, 0.2) is 0 Å². The molecule has 7 heteroatoms. The van der Waals surface area contributed by atoms with Crippen LogP contribution in [-0.4, -0.2) is 37.4 Å². The predicted octanol–water partition coefficient (Wildman–Crippen LogP) is 0.865. The third kappa shape index (κ3) is 7.89. The molecule has 0 aromatic carbocycles. The molecule has 0 heterocycles. The number of hydrogen-bond donors (Lipinski definition) is 2. The zero-order valence-corrected chi connectivity index (χ0v) is 13.2. The van der Waals surface area contributed by atoms with E-state index >= 15 is 0 Å². The van der Waals surface area contributed by atoms with Crippen molar-refractivity contribution in [3.8, 4) is 0 Å². The molecule has 0 aliphatic rings. The molecule has 3 N–H and O–H groups in total. The second kappa shape index (κ2) is 7.96. The molecule has 0 spiro atoms. The number of nitrogens with one attached hydrogen (secondary N) is 1. The molecule has 0 radical (unpaired) electrons. The van der Waals surface area contributed by atoms with Crippen LogP contribution in [0.1, 0.15) is 40.5 Å². The number of sulfone groups is 1. The normalized spacial score (nSPS) is 13.6. The van der Waals surface area contributed by atoms with Gasteiger partial charge in [0.25, 0.3) is 0 Å². The summed E-state index contributed by atoms with van der Waals surface area (Å²) in [5, 5.41) is 2.59. The Morgan fingerprint density at radius 2 is 1.83 bits per heavy atom. The molecule has 1 atom stereocenters. The molecule has 0 aromatic heterocycles. The summed E-state index contributed by atoms with van der Waals surface area (Å²) in [7, 11) is -3.16. The van der Waals surface area contributed by atoms with Gasteiger partial charge in [0.15, 0.2) is 9.84 Å². The highest BCUT2D eigenvalue weighted by Crippen LogP contribution is 2.15. The topological polar surface area (TPSA) is 89.3 Å². The van der Waals surface area contributed by atoms with E-state index in [-0.39, 0.29) is 36.7 Å². The summed E-state index contributed by atoms with van der Waals surface area (Å²) in [4.78, 5) is 11.3. The first-order valence-electron chi connectivity index (χ1n) is 5.81. The van der Waals surface area contributed by atoms with Crippen molar-refractivity contribution in [2.24, 2.45) is 5.73 Å².